The number of rotatable bonds is 2. The third-order valence-electron chi connectivity index (χ3n) is 2.03. The van der Waals surface area contributed by atoms with Gasteiger partial charge in [0.05, 0.1) is 5.56 Å². The molecule has 0 saturated carbocycles. The summed E-state index contributed by atoms with van der Waals surface area (Å²) in [4.78, 5) is 11.8. The molecule has 0 radical (unpaired) electrons. The first-order chi connectivity index (χ1) is 8.06. The maximum atomic E-state index is 11.8. The number of nitrogen functional groups attached to an aromatic ring is 1. The lowest BCUT2D eigenvalue weighted by Crippen LogP contribution is -2.14. The Morgan fingerprint density at radius 1 is 1.47 bits per heavy atom. The van der Waals surface area contributed by atoms with Crippen molar-refractivity contribution >= 4 is 17.6 Å². The molecule has 0 aliphatic carbocycles. The first kappa shape index (κ1) is 10.9. The fraction of sp³-hybridized carbons (Fsp3) is 0.100. The van der Waals surface area contributed by atoms with E-state index in [1.807, 2.05) is 0 Å². The molecule has 17 heavy (non-hydrogen) atoms. The molecule has 0 atom stereocenters. The lowest BCUT2D eigenvalue weighted by molar-refractivity contribution is 0.102. The minimum Gasteiger partial charge on any atom is -0.508 e. The van der Waals surface area contributed by atoms with Gasteiger partial charge in [-0.25, -0.2) is 0 Å². The number of amides is 1. The van der Waals surface area contributed by atoms with Gasteiger partial charge in [-0.1, -0.05) is 5.10 Å². The lowest BCUT2D eigenvalue weighted by Gasteiger charge is -2.04. The molecule has 0 aliphatic heterocycles. The number of hydrogen-bond donors (Lipinski definition) is 3. The van der Waals surface area contributed by atoms with E-state index in [2.05, 4.69) is 15.5 Å². The summed E-state index contributed by atoms with van der Waals surface area (Å²) in [5.41, 5.74) is 6.00. The highest BCUT2D eigenvalue weighted by Gasteiger charge is 2.13. The van der Waals surface area contributed by atoms with Crippen LogP contribution in [0.3, 0.4) is 0 Å². The number of carbonyl (C=O) groups is 1. The predicted molar refractivity (Wildman–Crippen MR) is 59.5 cm³/mol. The molecule has 0 bridgehead atoms. The number of hydrogen-bond acceptors (Lipinski definition) is 6. The minimum absolute atomic E-state index is 0.0183. The molecule has 0 spiro atoms. The van der Waals surface area contributed by atoms with Crippen molar-refractivity contribution in [1.29, 1.82) is 0 Å². The first-order valence-electron chi connectivity index (χ1n) is 4.76. The second-order valence-corrected chi connectivity index (χ2v) is 3.35. The molecule has 4 N–H and O–H groups in total. The van der Waals surface area contributed by atoms with Crippen LogP contribution in [0.2, 0.25) is 0 Å². The predicted octanol–water partition coefficient (Wildman–Crippen LogP) is 0.918. The summed E-state index contributed by atoms with van der Waals surface area (Å²) in [6, 6.07) is 4.07. The highest BCUT2D eigenvalue weighted by Crippen LogP contribution is 2.19. The summed E-state index contributed by atoms with van der Waals surface area (Å²) in [5, 5.41) is 18.8. The van der Waals surface area contributed by atoms with Gasteiger partial charge >= 0.3 is 6.01 Å². The molecular weight excluding hydrogens is 224 g/mol. The summed E-state index contributed by atoms with van der Waals surface area (Å²) < 4.78 is 4.99. The number of phenols is 1. The Morgan fingerprint density at radius 3 is 2.88 bits per heavy atom. The molecule has 2 rings (SSSR count). The lowest BCUT2D eigenvalue weighted by atomic mass is 10.1. The Bertz CT molecular complexity index is 564. The van der Waals surface area contributed by atoms with Crippen LogP contribution in [0.15, 0.2) is 22.6 Å². The number of phenolic OH excluding ortho intramolecular Hbond substituents is 1. The van der Waals surface area contributed by atoms with E-state index in [0.717, 1.165) is 0 Å². The number of benzene rings is 1. The number of aromatic hydroxyl groups is 1. The summed E-state index contributed by atoms with van der Waals surface area (Å²) in [7, 11) is 0. The van der Waals surface area contributed by atoms with Gasteiger partial charge in [0, 0.05) is 12.6 Å². The minimum atomic E-state index is -0.526. The largest absolute Gasteiger partial charge is 0.508 e. The average molecular weight is 234 g/mol. The van der Waals surface area contributed by atoms with E-state index in [0.29, 0.717) is 5.89 Å². The molecule has 0 aliphatic rings. The molecule has 7 nitrogen and oxygen atoms in total. The molecular formula is C10H10N4O3. The average Bonchev–Trinajstić information content (AvgIpc) is 2.67. The monoisotopic (exact) mass is 234 g/mol. The van der Waals surface area contributed by atoms with Crippen LogP contribution in [0.25, 0.3) is 0 Å². The van der Waals surface area contributed by atoms with Crippen LogP contribution in [-0.4, -0.2) is 21.2 Å². The zero-order chi connectivity index (χ0) is 12.4. The van der Waals surface area contributed by atoms with Crippen molar-refractivity contribution in [2.24, 2.45) is 0 Å². The van der Waals surface area contributed by atoms with Crippen molar-refractivity contribution in [3.8, 4) is 5.75 Å². The fourth-order valence-corrected chi connectivity index (χ4v) is 1.25. The number of anilines is 2. The molecule has 1 heterocycles. The van der Waals surface area contributed by atoms with Crippen LogP contribution in [0.1, 0.15) is 16.2 Å². The van der Waals surface area contributed by atoms with Gasteiger partial charge in [0.15, 0.2) is 0 Å². The van der Waals surface area contributed by atoms with E-state index in [1.165, 1.54) is 18.2 Å². The van der Waals surface area contributed by atoms with Gasteiger partial charge in [-0.2, -0.15) is 0 Å². The number of aromatic nitrogens is 2. The first-order valence-corrected chi connectivity index (χ1v) is 4.76. The van der Waals surface area contributed by atoms with Gasteiger partial charge in [-0.3, -0.25) is 10.1 Å². The van der Waals surface area contributed by atoms with E-state index in [4.69, 9.17) is 10.2 Å². The second kappa shape index (κ2) is 4.12. The Kier molecular flexibility index (Phi) is 2.65. The van der Waals surface area contributed by atoms with E-state index in [1.54, 1.807) is 6.92 Å². The Labute approximate surface area is 96.3 Å². The van der Waals surface area contributed by atoms with Crippen LogP contribution < -0.4 is 11.1 Å². The maximum Gasteiger partial charge on any atom is 0.322 e. The zero-order valence-corrected chi connectivity index (χ0v) is 8.97. The van der Waals surface area contributed by atoms with Crippen LogP contribution in [0, 0.1) is 6.92 Å². The van der Waals surface area contributed by atoms with Crippen molar-refractivity contribution in [2.45, 2.75) is 6.92 Å². The van der Waals surface area contributed by atoms with Gasteiger partial charge in [-0.05, 0) is 18.2 Å². The quantitative estimate of drug-likeness (QED) is 0.525. The summed E-state index contributed by atoms with van der Waals surface area (Å²) >= 11 is 0. The van der Waals surface area contributed by atoms with E-state index >= 15 is 0 Å². The standard InChI is InChI=1S/C10H10N4O3/c1-5-13-14-10(17-5)12-9(16)7-4-6(15)2-3-8(7)11/h2-4,15H,11H2,1H3,(H,12,14,16). The molecule has 1 amide bonds. The zero-order valence-electron chi connectivity index (χ0n) is 8.97. The van der Waals surface area contributed by atoms with Crippen molar-refractivity contribution in [2.75, 3.05) is 11.1 Å². The normalized spacial score (nSPS) is 10.2. The number of aryl methyl sites for hydroxylation is 1. The number of nitrogens with two attached hydrogens (primary N) is 1. The van der Waals surface area contributed by atoms with Gasteiger partial charge in [0.2, 0.25) is 5.89 Å². The summed E-state index contributed by atoms with van der Waals surface area (Å²) in [5.74, 6) is -0.239. The number of carbonyl (C=O) groups excluding carboxylic acids is 1. The molecule has 0 saturated heterocycles. The van der Waals surface area contributed by atoms with Crippen molar-refractivity contribution in [1.82, 2.24) is 10.2 Å². The van der Waals surface area contributed by atoms with Crippen LogP contribution in [0.5, 0.6) is 5.75 Å². The molecule has 2 aromatic rings. The van der Waals surface area contributed by atoms with Crippen LogP contribution in [-0.2, 0) is 0 Å². The molecule has 1 aromatic carbocycles. The maximum absolute atomic E-state index is 11.8. The highest BCUT2D eigenvalue weighted by molar-refractivity contribution is 6.07. The van der Waals surface area contributed by atoms with Crippen molar-refractivity contribution in [3.05, 3.63) is 29.7 Å². The van der Waals surface area contributed by atoms with Gasteiger partial charge in [-0.15, -0.1) is 5.10 Å². The van der Waals surface area contributed by atoms with Crippen molar-refractivity contribution in [3.63, 3.8) is 0 Å². The highest BCUT2D eigenvalue weighted by atomic mass is 16.4. The van der Waals surface area contributed by atoms with Gasteiger partial charge in [0.1, 0.15) is 5.75 Å². The molecule has 1 aromatic heterocycles. The third-order valence-corrected chi connectivity index (χ3v) is 2.03. The smallest absolute Gasteiger partial charge is 0.322 e. The SMILES string of the molecule is Cc1nnc(NC(=O)c2cc(O)ccc2N)o1. The van der Waals surface area contributed by atoms with E-state index in [9.17, 15) is 9.90 Å². The number of nitrogens with one attached hydrogen (secondary N) is 1. The molecule has 0 unspecified atom stereocenters. The fourth-order valence-electron chi connectivity index (χ4n) is 1.25. The van der Waals surface area contributed by atoms with Crippen LogP contribution in [0.4, 0.5) is 11.7 Å². The topological polar surface area (TPSA) is 114 Å². The number of nitrogens with zero attached hydrogens (tertiary/aromatic N) is 2. The van der Waals surface area contributed by atoms with E-state index in [-0.39, 0.29) is 23.0 Å². The molecule has 88 valence electrons. The summed E-state index contributed by atoms with van der Waals surface area (Å²) in [6.07, 6.45) is 0. The third kappa shape index (κ3) is 2.33. The van der Waals surface area contributed by atoms with Gasteiger partial charge < -0.3 is 15.3 Å². The van der Waals surface area contributed by atoms with E-state index < -0.39 is 5.91 Å². The molecule has 0 fully saturated rings. The molecule has 7 heteroatoms. The van der Waals surface area contributed by atoms with Crippen molar-refractivity contribution < 1.29 is 14.3 Å². The Balaban J connectivity index is 2.22. The summed E-state index contributed by atoms with van der Waals surface area (Å²) in [6.45, 7) is 1.60. The Morgan fingerprint density at radius 2 is 2.24 bits per heavy atom. The van der Waals surface area contributed by atoms with Gasteiger partial charge in [0.25, 0.3) is 5.91 Å². The second-order valence-electron chi connectivity index (χ2n) is 3.35. The Hall–Kier alpha value is -2.57. The van der Waals surface area contributed by atoms with Crippen LogP contribution >= 0.6 is 0 Å².